The van der Waals surface area contributed by atoms with Crippen molar-refractivity contribution in [2.24, 2.45) is 4.99 Å². The van der Waals surface area contributed by atoms with E-state index in [-0.39, 0.29) is 24.0 Å². The molecule has 5 nitrogen and oxygen atoms in total. The molecule has 2 aromatic heterocycles. The Labute approximate surface area is 188 Å². The number of aromatic nitrogens is 1. The summed E-state index contributed by atoms with van der Waals surface area (Å²) in [4.78, 5) is 10.4. The lowest BCUT2D eigenvalue weighted by Gasteiger charge is -2.10. The molecule has 0 aliphatic heterocycles. The summed E-state index contributed by atoms with van der Waals surface area (Å²) >= 11 is 5.25. The number of hydrogen-bond acceptors (Lipinski definition) is 4. The molecule has 0 fully saturated rings. The molecular formula is C19H22BrIN4OS. The zero-order valence-corrected chi connectivity index (χ0v) is 19.7. The molecule has 1 aromatic carbocycles. The molecule has 0 saturated carbocycles. The number of thiophene rings is 1. The fourth-order valence-corrected chi connectivity index (χ4v) is 3.87. The number of halogens is 2. The van der Waals surface area contributed by atoms with Gasteiger partial charge in [0.15, 0.2) is 5.96 Å². The number of rotatable bonds is 7. The number of benzene rings is 1. The molecule has 2 heterocycles. The van der Waals surface area contributed by atoms with Crippen LogP contribution < -0.4 is 10.6 Å². The van der Waals surface area contributed by atoms with Crippen LogP contribution in [-0.4, -0.2) is 24.0 Å². The summed E-state index contributed by atoms with van der Waals surface area (Å²) in [6, 6.07) is 14.1. The van der Waals surface area contributed by atoms with Crippen molar-refractivity contribution in [2.45, 2.75) is 19.9 Å². The van der Waals surface area contributed by atoms with Crippen LogP contribution in [0.4, 0.5) is 0 Å². The smallest absolute Gasteiger partial charge is 0.226 e. The second kappa shape index (κ2) is 11.5. The van der Waals surface area contributed by atoms with Gasteiger partial charge in [-0.2, -0.15) is 0 Å². The largest absolute Gasteiger partial charge is 0.444 e. The molecule has 2 N–H and O–H groups in total. The third-order valence-corrected chi connectivity index (χ3v) is 5.29. The number of nitrogens with one attached hydrogen (secondary N) is 2. The number of aliphatic imine (C=N–C) groups is 1. The Bertz CT molecular complexity index is 850. The summed E-state index contributed by atoms with van der Waals surface area (Å²) < 4.78 is 6.72. The molecule has 0 aliphatic carbocycles. The summed E-state index contributed by atoms with van der Waals surface area (Å²) in [6.45, 7) is 4.16. The van der Waals surface area contributed by atoms with Crippen molar-refractivity contribution >= 4 is 57.2 Å². The maximum absolute atomic E-state index is 5.56. The van der Waals surface area contributed by atoms with Crippen LogP contribution in [0, 0.1) is 0 Å². The topological polar surface area (TPSA) is 62.5 Å². The highest BCUT2D eigenvalue weighted by Crippen LogP contribution is 2.22. The first-order chi connectivity index (χ1) is 12.7. The van der Waals surface area contributed by atoms with E-state index in [9.17, 15) is 0 Å². The van der Waals surface area contributed by atoms with Gasteiger partial charge in [0, 0.05) is 23.5 Å². The van der Waals surface area contributed by atoms with Gasteiger partial charge >= 0.3 is 0 Å². The van der Waals surface area contributed by atoms with Gasteiger partial charge in [-0.15, -0.1) is 35.3 Å². The Morgan fingerprint density at radius 3 is 2.70 bits per heavy atom. The quantitative estimate of drug-likeness (QED) is 0.240. The van der Waals surface area contributed by atoms with Gasteiger partial charge in [-0.25, -0.2) is 9.98 Å². The maximum Gasteiger partial charge on any atom is 0.226 e. The Morgan fingerprint density at radius 1 is 1.19 bits per heavy atom. The number of nitrogens with zero attached hydrogens (tertiary/aromatic N) is 2. The summed E-state index contributed by atoms with van der Waals surface area (Å²) in [5, 5.41) is 6.62. The van der Waals surface area contributed by atoms with E-state index >= 15 is 0 Å². The van der Waals surface area contributed by atoms with Crippen molar-refractivity contribution in [1.29, 1.82) is 0 Å². The molecule has 0 unspecified atom stereocenters. The second-order valence-corrected chi connectivity index (χ2v) is 8.14. The van der Waals surface area contributed by atoms with Gasteiger partial charge in [0.2, 0.25) is 5.89 Å². The van der Waals surface area contributed by atoms with Gasteiger partial charge in [-0.3, -0.25) is 0 Å². The van der Waals surface area contributed by atoms with Gasteiger partial charge < -0.3 is 15.1 Å². The van der Waals surface area contributed by atoms with E-state index in [1.165, 1.54) is 4.88 Å². The van der Waals surface area contributed by atoms with Crippen molar-refractivity contribution < 1.29 is 4.42 Å². The van der Waals surface area contributed by atoms with Crippen molar-refractivity contribution in [1.82, 2.24) is 15.6 Å². The lowest BCUT2D eigenvalue weighted by molar-refractivity contribution is 0.572. The standard InChI is InChI=1S/C19H21BrN4OS.HI/c1-2-21-19(22-11-10-16-8-9-17(20)26-16)23-12-15-13-25-18(24-15)14-6-4-3-5-7-14;/h3-9,13H,2,10-12H2,1H3,(H2,21,22,23);1H. The molecule has 0 radical (unpaired) electrons. The number of guanidine groups is 1. The third kappa shape index (κ3) is 6.93. The lowest BCUT2D eigenvalue weighted by atomic mass is 10.2. The maximum atomic E-state index is 5.56. The second-order valence-electron chi connectivity index (χ2n) is 5.59. The van der Waals surface area contributed by atoms with E-state index in [4.69, 9.17) is 4.42 Å². The molecule has 0 saturated heterocycles. The van der Waals surface area contributed by atoms with E-state index in [1.807, 2.05) is 30.3 Å². The van der Waals surface area contributed by atoms with E-state index in [0.717, 1.165) is 40.5 Å². The van der Waals surface area contributed by atoms with Crippen LogP contribution >= 0.6 is 51.2 Å². The average molecular weight is 561 g/mol. The Hall–Kier alpha value is -1.39. The highest BCUT2D eigenvalue weighted by molar-refractivity contribution is 14.0. The summed E-state index contributed by atoms with van der Waals surface area (Å²) in [6.07, 6.45) is 2.63. The van der Waals surface area contributed by atoms with Crippen LogP contribution in [0.3, 0.4) is 0 Å². The average Bonchev–Trinajstić information content (AvgIpc) is 3.29. The Morgan fingerprint density at radius 2 is 2.00 bits per heavy atom. The van der Waals surface area contributed by atoms with Gasteiger partial charge in [-0.1, -0.05) is 18.2 Å². The van der Waals surface area contributed by atoms with Crippen LogP contribution in [0.2, 0.25) is 0 Å². The minimum atomic E-state index is 0. The van der Waals surface area contributed by atoms with Crippen molar-refractivity contribution in [3.05, 3.63) is 63.1 Å². The molecule has 8 heteroatoms. The molecule has 3 aromatic rings. The van der Waals surface area contributed by atoms with Crippen LogP contribution in [0.1, 0.15) is 17.5 Å². The highest BCUT2D eigenvalue weighted by atomic mass is 127. The minimum absolute atomic E-state index is 0. The van der Waals surface area contributed by atoms with E-state index in [0.29, 0.717) is 12.4 Å². The molecule has 3 rings (SSSR count). The highest BCUT2D eigenvalue weighted by Gasteiger charge is 2.06. The van der Waals surface area contributed by atoms with Crippen molar-refractivity contribution in [3.8, 4) is 11.5 Å². The van der Waals surface area contributed by atoms with Gasteiger partial charge in [0.05, 0.1) is 10.3 Å². The van der Waals surface area contributed by atoms with Crippen LogP contribution in [0.15, 0.2) is 61.9 Å². The first-order valence-corrected chi connectivity index (χ1v) is 10.1. The van der Waals surface area contributed by atoms with Crippen LogP contribution in [0.5, 0.6) is 0 Å². The molecule has 144 valence electrons. The van der Waals surface area contributed by atoms with Crippen LogP contribution in [-0.2, 0) is 13.0 Å². The molecule has 0 amide bonds. The van der Waals surface area contributed by atoms with Crippen molar-refractivity contribution in [3.63, 3.8) is 0 Å². The van der Waals surface area contributed by atoms with E-state index in [2.05, 4.69) is 55.6 Å². The molecule has 0 atom stereocenters. The SMILES string of the molecule is CCNC(=NCc1coc(-c2ccccc2)n1)NCCc1ccc(Br)s1.I. The van der Waals surface area contributed by atoms with Gasteiger partial charge in [-0.05, 0) is 53.5 Å². The number of hydrogen-bond donors (Lipinski definition) is 2. The Kier molecular flexibility index (Phi) is 9.29. The van der Waals surface area contributed by atoms with Crippen molar-refractivity contribution in [2.75, 3.05) is 13.1 Å². The summed E-state index contributed by atoms with van der Waals surface area (Å²) in [5.41, 5.74) is 1.78. The fraction of sp³-hybridized carbons (Fsp3) is 0.263. The van der Waals surface area contributed by atoms with Crippen LogP contribution in [0.25, 0.3) is 11.5 Å². The van der Waals surface area contributed by atoms with Gasteiger partial charge in [0.25, 0.3) is 0 Å². The number of oxazole rings is 1. The molecule has 27 heavy (non-hydrogen) atoms. The normalized spacial score (nSPS) is 11.1. The molecule has 0 bridgehead atoms. The molecule has 0 spiro atoms. The zero-order chi connectivity index (χ0) is 18.2. The first kappa shape index (κ1) is 21.9. The minimum Gasteiger partial charge on any atom is -0.444 e. The zero-order valence-electron chi connectivity index (χ0n) is 14.9. The monoisotopic (exact) mass is 560 g/mol. The summed E-state index contributed by atoms with van der Waals surface area (Å²) in [5.74, 6) is 1.41. The van der Waals surface area contributed by atoms with E-state index < -0.39 is 0 Å². The molecule has 0 aliphatic rings. The first-order valence-electron chi connectivity index (χ1n) is 8.51. The summed E-state index contributed by atoms with van der Waals surface area (Å²) in [7, 11) is 0. The fourth-order valence-electron chi connectivity index (χ4n) is 2.38. The predicted molar refractivity (Wildman–Crippen MR) is 126 cm³/mol. The Balaban J connectivity index is 0.00000261. The third-order valence-electron chi connectivity index (χ3n) is 3.61. The predicted octanol–water partition coefficient (Wildman–Crippen LogP) is 5.08. The van der Waals surface area contributed by atoms with E-state index in [1.54, 1.807) is 17.6 Å². The molecular weight excluding hydrogens is 539 g/mol. The lowest BCUT2D eigenvalue weighted by Crippen LogP contribution is -2.38. The van der Waals surface area contributed by atoms with Gasteiger partial charge in [0.1, 0.15) is 12.0 Å².